The maximum Gasteiger partial charge on any atom is 0.337 e. The van der Waals surface area contributed by atoms with Crippen LogP contribution in [0, 0.1) is 0 Å². The average molecular weight is 253 g/mol. The predicted molar refractivity (Wildman–Crippen MR) is 62.2 cm³/mol. The van der Waals surface area contributed by atoms with Gasteiger partial charge in [0.25, 0.3) is 0 Å². The Labute approximate surface area is 102 Å². The molecule has 2 aromatic rings. The summed E-state index contributed by atoms with van der Waals surface area (Å²) in [4.78, 5) is 14.8. The Morgan fingerprint density at radius 3 is 3.06 bits per heavy atom. The lowest BCUT2D eigenvalue weighted by Gasteiger charge is -2.05. The second-order valence-corrected chi connectivity index (χ2v) is 3.69. The van der Waals surface area contributed by atoms with E-state index in [9.17, 15) is 4.79 Å². The highest BCUT2D eigenvalue weighted by Crippen LogP contribution is 2.18. The number of hydrogen-bond donors (Lipinski definition) is 2. The number of furan rings is 1. The number of carboxylic acid groups (broad SMARTS) is 1. The molecule has 6 heteroatoms. The second-order valence-electron chi connectivity index (χ2n) is 3.29. The molecule has 5 nitrogen and oxygen atoms in total. The minimum atomic E-state index is -1.08. The summed E-state index contributed by atoms with van der Waals surface area (Å²) in [7, 11) is 0. The molecule has 0 saturated carbocycles. The Bertz CT molecular complexity index is 526. The fourth-order valence-corrected chi connectivity index (χ4v) is 1.47. The molecule has 0 bridgehead atoms. The monoisotopic (exact) mass is 252 g/mol. The van der Waals surface area contributed by atoms with Gasteiger partial charge in [-0.2, -0.15) is 0 Å². The van der Waals surface area contributed by atoms with Crippen molar-refractivity contribution < 1.29 is 14.3 Å². The third-order valence-corrected chi connectivity index (χ3v) is 2.41. The Morgan fingerprint density at radius 2 is 2.41 bits per heavy atom. The zero-order valence-corrected chi connectivity index (χ0v) is 9.44. The Hall–Kier alpha value is -2.01. The summed E-state index contributed by atoms with van der Waals surface area (Å²) in [5.41, 5.74) is 0.0172. The maximum absolute atomic E-state index is 10.8. The van der Waals surface area contributed by atoms with Gasteiger partial charge in [0.1, 0.15) is 11.6 Å². The van der Waals surface area contributed by atoms with Crippen molar-refractivity contribution in [3.8, 4) is 0 Å². The number of halogens is 1. The molecular formula is C11H9ClN2O3. The van der Waals surface area contributed by atoms with Crippen LogP contribution in [0.1, 0.15) is 16.1 Å². The first-order valence-electron chi connectivity index (χ1n) is 4.82. The van der Waals surface area contributed by atoms with Gasteiger partial charge >= 0.3 is 5.97 Å². The predicted octanol–water partition coefficient (Wildman–Crippen LogP) is 2.64. The number of pyridine rings is 1. The SMILES string of the molecule is O=C(O)c1cc(NCc2ccco2)ncc1Cl. The third kappa shape index (κ3) is 2.76. The minimum Gasteiger partial charge on any atom is -0.478 e. The van der Waals surface area contributed by atoms with E-state index < -0.39 is 5.97 Å². The van der Waals surface area contributed by atoms with Crippen LogP contribution in [0.25, 0.3) is 0 Å². The summed E-state index contributed by atoms with van der Waals surface area (Å²) >= 11 is 5.70. The normalized spacial score (nSPS) is 10.2. The number of nitrogens with zero attached hydrogens (tertiary/aromatic N) is 1. The molecule has 0 atom stereocenters. The first-order valence-corrected chi connectivity index (χ1v) is 5.19. The highest BCUT2D eigenvalue weighted by atomic mass is 35.5. The zero-order valence-electron chi connectivity index (χ0n) is 8.68. The van der Waals surface area contributed by atoms with Gasteiger partial charge in [0.05, 0.1) is 23.4 Å². The molecule has 0 amide bonds. The fraction of sp³-hybridized carbons (Fsp3) is 0.0909. The van der Waals surface area contributed by atoms with Crippen LogP contribution in [-0.4, -0.2) is 16.1 Å². The molecule has 2 rings (SSSR count). The first-order chi connectivity index (χ1) is 8.16. The Kier molecular flexibility index (Phi) is 3.30. The lowest BCUT2D eigenvalue weighted by atomic mass is 10.2. The topological polar surface area (TPSA) is 75.4 Å². The summed E-state index contributed by atoms with van der Waals surface area (Å²) in [6.07, 6.45) is 2.87. The van der Waals surface area contributed by atoms with Gasteiger partial charge in [0, 0.05) is 6.20 Å². The number of nitrogens with one attached hydrogen (secondary N) is 1. The molecule has 88 valence electrons. The Balaban J connectivity index is 2.11. The molecule has 0 fully saturated rings. The van der Waals surface area contributed by atoms with Crippen LogP contribution in [0.5, 0.6) is 0 Å². The van der Waals surface area contributed by atoms with Gasteiger partial charge < -0.3 is 14.8 Å². The van der Waals surface area contributed by atoms with Crippen molar-refractivity contribution in [2.75, 3.05) is 5.32 Å². The molecule has 0 aliphatic heterocycles. The molecule has 0 spiro atoms. The summed E-state index contributed by atoms with van der Waals surface area (Å²) in [5, 5.41) is 11.9. The standard InChI is InChI=1S/C11H9ClN2O3/c12-9-6-14-10(4-8(9)11(15)16)13-5-7-2-1-3-17-7/h1-4,6H,5H2,(H,13,14)(H,15,16). The van der Waals surface area contributed by atoms with Gasteiger partial charge in [-0.05, 0) is 18.2 Å². The summed E-state index contributed by atoms with van der Waals surface area (Å²) in [5.74, 6) is 0.0836. The summed E-state index contributed by atoms with van der Waals surface area (Å²) in [6.45, 7) is 0.431. The second kappa shape index (κ2) is 4.88. The molecular weight excluding hydrogens is 244 g/mol. The average Bonchev–Trinajstić information content (AvgIpc) is 2.80. The molecule has 2 heterocycles. The first kappa shape index (κ1) is 11.5. The van der Waals surface area contributed by atoms with Crippen molar-refractivity contribution in [1.29, 1.82) is 0 Å². The van der Waals surface area contributed by atoms with E-state index in [1.807, 2.05) is 0 Å². The molecule has 0 aliphatic rings. The van der Waals surface area contributed by atoms with Crippen LogP contribution >= 0.6 is 11.6 Å². The van der Waals surface area contributed by atoms with Crippen LogP contribution in [0.3, 0.4) is 0 Å². The number of aromatic carboxylic acids is 1. The quantitative estimate of drug-likeness (QED) is 0.875. The lowest BCUT2D eigenvalue weighted by molar-refractivity contribution is 0.0697. The number of anilines is 1. The molecule has 2 aromatic heterocycles. The highest BCUT2D eigenvalue weighted by molar-refractivity contribution is 6.33. The van der Waals surface area contributed by atoms with Crippen molar-refractivity contribution in [3.05, 3.63) is 47.0 Å². The number of carboxylic acids is 1. The summed E-state index contributed by atoms with van der Waals surface area (Å²) < 4.78 is 5.12. The molecule has 0 saturated heterocycles. The lowest BCUT2D eigenvalue weighted by Crippen LogP contribution is -2.04. The van der Waals surface area contributed by atoms with E-state index in [0.717, 1.165) is 5.76 Å². The summed E-state index contributed by atoms with van der Waals surface area (Å²) in [6, 6.07) is 4.96. The Morgan fingerprint density at radius 1 is 1.59 bits per heavy atom. The van der Waals surface area contributed by atoms with E-state index in [0.29, 0.717) is 12.4 Å². The molecule has 0 aliphatic carbocycles. The van der Waals surface area contributed by atoms with Gasteiger partial charge in [0.15, 0.2) is 0 Å². The van der Waals surface area contributed by atoms with Crippen molar-refractivity contribution in [1.82, 2.24) is 4.98 Å². The van der Waals surface area contributed by atoms with Crippen LogP contribution in [-0.2, 0) is 6.54 Å². The van der Waals surface area contributed by atoms with Crippen molar-refractivity contribution >= 4 is 23.4 Å². The number of rotatable bonds is 4. The fourth-order valence-electron chi connectivity index (χ4n) is 1.29. The van der Waals surface area contributed by atoms with Crippen LogP contribution in [0.15, 0.2) is 35.1 Å². The van der Waals surface area contributed by atoms with Crippen molar-refractivity contribution in [2.45, 2.75) is 6.54 Å². The van der Waals surface area contributed by atoms with Crippen LogP contribution in [0.2, 0.25) is 5.02 Å². The van der Waals surface area contributed by atoms with Crippen molar-refractivity contribution in [2.24, 2.45) is 0 Å². The van der Waals surface area contributed by atoms with Gasteiger partial charge in [-0.1, -0.05) is 11.6 Å². The number of aromatic nitrogens is 1. The largest absolute Gasteiger partial charge is 0.478 e. The zero-order chi connectivity index (χ0) is 12.3. The van der Waals surface area contributed by atoms with Gasteiger partial charge in [-0.25, -0.2) is 9.78 Å². The number of carbonyl (C=O) groups is 1. The van der Waals surface area contributed by atoms with Crippen LogP contribution < -0.4 is 5.32 Å². The molecule has 0 radical (unpaired) electrons. The van der Waals surface area contributed by atoms with E-state index in [4.69, 9.17) is 21.1 Å². The molecule has 2 N–H and O–H groups in total. The third-order valence-electron chi connectivity index (χ3n) is 2.11. The van der Waals surface area contributed by atoms with E-state index in [1.165, 1.54) is 12.3 Å². The minimum absolute atomic E-state index is 0.0172. The van der Waals surface area contributed by atoms with E-state index in [-0.39, 0.29) is 10.6 Å². The van der Waals surface area contributed by atoms with Gasteiger partial charge in [-0.15, -0.1) is 0 Å². The molecule has 0 aromatic carbocycles. The smallest absolute Gasteiger partial charge is 0.337 e. The van der Waals surface area contributed by atoms with Gasteiger partial charge in [0.2, 0.25) is 0 Å². The number of hydrogen-bond acceptors (Lipinski definition) is 4. The van der Waals surface area contributed by atoms with E-state index in [2.05, 4.69) is 10.3 Å². The molecule has 0 unspecified atom stereocenters. The maximum atomic E-state index is 10.8. The van der Waals surface area contributed by atoms with Crippen molar-refractivity contribution in [3.63, 3.8) is 0 Å². The van der Waals surface area contributed by atoms with E-state index in [1.54, 1.807) is 18.4 Å². The van der Waals surface area contributed by atoms with E-state index >= 15 is 0 Å². The molecule has 17 heavy (non-hydrogen) atoms. The van der Waals surface area contributed by atoms with Gasteiger partial charge in [-0.3, -0.25) is 0 Å². The highest BCUT2D eigenvalue weighted by Gasteiger charge is 2.10. The van der Waals surface area contributed by atoms with Crippen LogP contribution in [0.4, 0.5) is 5.82 Å².